The zero-order valence-electron chi connectivity index (χ0n) is 11.3. The second-order valence-electron chi connectivity index (χ2n) is 4.75. The average Bonchev–Trinajstić information content (AvgIpc) is 2.49. The molecule has 0 atom stereocenters. The molecule has 0 aliphatic rings. The van der Waals surface area contributed by atoms with Crippen molar-refractivity contribution in [1.82, 2.24) is 9.55 Å². The fourth-order valence-corrected chi connectivity index (χ4v) is 2.20. The first-order valence-corrected chi connectivity index (χ1v) is 6.67. The smallest absolute Gasteiger partial charge is 0.106 e. The maximum absolute atomic E-state index is 4.50. The fourth-order valence-electron chi connectivity index (χ4n) is 2.20. The second kappa shape index (κ2) is 6.72. The van der Waals surface area contributed by atoms with E-state index in [0.29, 0.717) is 0 Å². The maximum atomic E-state index is 4.50. The van der Waals surface area contributed by atoms with Gasteiger partial charge in [0.2, 0.25) is 0 Å². The Balaban J connectivity index is 2.26. The van der Waals surface area contributed by atoms with Crippen LogP contribution in [0.1, 0.15) is 62.7 Å². The van der Waals surface area contributed by atoms with Crippen LogP contribution in [0.5, 0.6) is 0 Å². The van der Waals surface area contributed by atoms with E-state index < -0.39 is 0 Å². The third-order valence-corrected chi connectivity index (χ3v) is 3.38. The monoisotopic (exact) mass is 222 g/mol. The number of aryl methyl sites for hydroxylation is 2. The van der Waals surface area contributed by atoms with E-state index in [1.165, 1.54) is 55.7 Å². The normalized spacial score (nSPS) is 11.0. The Morgan fingerprint density at radius 1 is 0.938 bits per heavy atom. The number of imidazole rings is 1. The van der Waals surface area contributed by atoms with Crippen LogP contribution in [0.3, 0.4) is 0 Å². The van der Waals surface area contributed by atoms with E-state index in [4.69, 9.17) is 0 Å². The summed E-state index contributed by atoms with van der Waals surface area (Å²) in [4.78, 5) is 4.50. The van der Waals surface area contributed by atoms with Gasteiger partial charge in [-0.05, 0) is 27.2 Å². The molecule has 2 nitrogen and oxygen atoms in total. The van der Waals surface area contributed by atoms with Gasteiger partial charge in [-0.2, -0.15) is 0 Å². The molecule has 16 heavy (non-hydrogen) atoms. The minimum absolute atomic E-state index is 1.14. The van der Waals surface area contributed by atoms with Crippen molar-refractivity contribution in [2.75, 3.05) is 0 Å². The van der Waals surface area contributed by atoms with Gasteiger partial charge in [0.05, 0.1) is 5.69 Å². The molecule has 1 aromatic heterocycles. The fraction of sp³-hybridized carbons (Fsp3) is 0.786. The molecule has 0 N–H and O–H groups in total. The molecule has 0 saturated carbocycles. The summed E-state index contributed by atoms with van der Waals surface area (Å²) in [6.45, 7) is 9.79. The summed E-state index contributed by atoms with van der Waals surface area (Å²) < 4.78 is 2.36. The van der Waals surface area contributed by atoms with Crippen molar-refractivity contribution in [2.45, 2.75) is 72.8 Å². The maximum Gasteiger partial charge on any atom is 0.106 e. The summed E-state index contributed by atoms with van der Waals surface area (Å²) in [6.07, 6.45) is 8.16. The van der Waals surface area contributed by atoms with E-state index >= 15 is 0 Å². The standard InChI is InChI=1S/C14H26N2/c1-5-6-7-8-9-10-11-16-13(3)12(2)15-14(16)4/h5-11H2,1-4H3. The predicted molar refractivity (Wildman–Crippen MR) is 69.8 cm³/mol. The van der Waals surface area contributed by atoms with Gasteiger partial charge in [0, 0.05) is 12.2 Å². The molecular weight excluding hydrogens is 196 g/mol. The van der Waals surface area contributed by atoms with Crippen LogP contribution < -0.4 is 0 Å². The van der Waals surface area contributed by atoms with Crippen LogP contribution in [0.2, 0.25) is 0 Å². The minimum atomic E-state index is 1.14. The van der Waals surface area contributed by atoms with Crippen LogP contribution in [0.4, 0.5) is 0 Å². The van der Waals surface area contributed by atoms with E-state index in [1.807, 2.05) is 0 Å². The van der Waals surface area contributed by atoms with Crippen molar-refractivity contribution < 1.29 is 0 Å². The molecule has 0 fully saturated rings. The summed E-state index contributed by atoms with van der Waals surface area (Å²) in [5, 5.41) is 0. The highest BCUT2D eigenvalue weighted by molar-refractivity contribution is 5.13. The van der Waals surface area contributed by atoms with Crippen LogP contribution in [0.25, 0.3) is 0 Å². The Hall–Kier alpha value is -0.790. The highest BCUT2D eigenvalue weighted by atomic mass is 15.1. The minimum Gasteiger partial charge on any atom is -0.332 e. The van der Waals surface area contributed by atoms with Crippen LogP contribution >= 0.6 is 0 Å². The number of unbranched alkanes of at least 4 members (excludes halogenated alkanes) is 5. The number of nitrogens with zero attached hydrogens (tertiary/aromatic N) is 2. The van der Waals surface area contributed by atoms with Gasteiger partial charge in [-0.1, -0.05) is 39.0 Å². The highest BCUT2D eigenvalue weighted by Crippen LogP contribution is 2.12. The summed E-state index contributed by atoms with van der Waals surface area (Å²) in [7, 11) is 0. The van der Waals surface area contributed by atoms with Gasteiger partial charge < -0.3 is 4.57 Å². The first-order valence-electron chi connectivity index (χ1n) is 6.67. The third-order valence-electron chi connectivity index (χ3n) is 3.38. The molecule has 0 aromatic carbocycles. The van der Waals surface area contributed by atoms with Crippen molar-refractivity contribution in [1.29, 1.82) is 0 Å². The van der Waals surface area contributed by atoms with Crippen LogP contribution in [-0.2, 0) is 6.54 Å². The highest BCUT2D eigenvalue weighted by Gasteiger charge is 2.05. The zero-order chi connectivity index (χ0) is 12.0. The molecule has 0 unspecified atom stereocenters. The molecule has 2 heteroatoms. The van der Waals surface area contributed by atoms with Crippen molar-refractivity contribution in [3.63, 3.8) is 0 Å². The van der Waals surface area contributed by atoms with Crippen molar-refractivity contribution in [3.05, 3.63) is 17.2 Å². The molecule has 0 radical (unpaired) electrons. The van der Waals surface area contributed by atoms with Crippen molar-refractivity contribution in [3.8, 4) is 0 Å². The van der Waals surface area contributed by atoms with Crippen LogP contribution in [0.15, 0.2) is 0 Å². The largest absolute Gasteiger partial charge is 0.332 e. The molecule has 0 aliphatic heterocycles. The Kier molecular flexibility index (Phi) is 5.58. The van der Waals surface area contributed by atoms with E-state index in [1.54, 1.807) is 0 Å². The van der Waals surface area contributed by atoms with Gasteiger partial charge in [-0.15, -0.1) is 0 Å². The average molecular weight is 222 g/mol. The number of rotatable bonds is 7. The number of aromatic nitrogens is 2. The Bertz CT molecular complexity index is 313. The van der Waals surface area contributed by atoms with Gasteiger partial charge in [0.25, 0.3) is 0 Å². The molecule has 0 spiro atoms. The first kappa shape index (κ1) is 13.3. The van der Waals surface area contributed by atoms with Gasteiger partial charge in [-0.3, -0.25) is 0 Å². The molecule has 1 heterocycles. The Labute approximate surface area is 100 Å². The molecule has 0 saturated heterocycles. The lowest BCUT2D eigenvalue weighted by Crippen LogP contribution is -2.02. The molecule has 0 amide bonds. The Morgan fingerprint density at radius 3 is 2.12 bits per heavy atom. The van der Waals surface area contributed by atoms with Gasteiger partial charge in [0.1, 0.15) is 5.82 Å². The van der Waals surface area contributed by atoms with Gasteiger partial charge >= 0.3 is 0 Å². The third kappa shape index (κ3) is 3.66. The summed E-state index contributed by atoms with van der Waals surface area (Å²) >= 11 is 0. The van der Waals surface area contributed by atoms with E-state index in [2.05, 4.69) is 37.2 Å². The summed E-state index contributed by atoms with van der Waals surface area (Å²) in [5.41, 5.74) is 2.52. The topological polar surface area (TPSA) is 17.8 Å². The Morgan fingerprint density at radius 2 is 1.56 bits per heavy atom. The molecule has 1 aromatic rings. The molecular formula is C14H26N2. The predicted octanol–water partition coefficient (Wildman–Crippen LogP) is 4.17. The van der Waals surface area contributed by atoms with Gasteiger partial charge in [-0.25, -0.2) is 4.98 Å². The molecule has 0 aliphatic carbocycles. The van der Waals surface area contributed by atoms with Crippen molar-refractivity contribution >= 4 is 0 Å². The van der Waals surface area contributed by atoms with Gasteiger partial charge in [0.15, 0.2) is 0 Å². The van der Waals surface area contributed by atoms with Crippen LogP contribution in [0, 0.1) is 20.8 Å². The molecule has 1 rings (SSSR count). The van der Waals surface area contributed by atoms with Crippen LogP contribution in [-0.4, -0.2) is 9.55 Å². The lowest BCUT2D eigenvalue weighted by molar-refractivity contribution is 0.546. The quantitative estimate of drug-likeness (QED) is 0.633. The second-order valence-corrected chi connectivity index (χ2v) is 4.75. The summed E-state index contributed by atoms with van der Waals surface area (Å²) in [6, 6.07) is 0. The molecule has 0 bridgehead atoms. The summed E-state index contributed by atoms with van der Waals surface area (Å²) in [5.74, 6) is 1.17. The van der Waals surface area contributed by atoms with Crippen molar-refractivity contribution in [2.24, 2.45) is 0 Å². The first-order chi connectivity index (χ1) is 7.66. The van der Waals surface area contributed by atoms with E-state index in [9.17, 15) is 0 Å². The van der Waals surface area contributed by atoms with E-state index in [-0.39, 0.29) is 0 Å². The molecule has 92 valence electrons. The van der Waals surface area contributed by atoms with E-state index in [0.717, 1.165) is 6.54 Å². The SMILES string of the molecule is CCCCCCCCn1c(C)nc(C)c1C. The lowest BCUT2D eigenvalue weighted by atomic mass is 10.1. The lowest BCUT2D eigenvalue weighted by Gasteiger charge is -2.07. The zero-order valence-corrected chi connectivity index (χ0v) is 11.3. The number of hydrogen-bond acceptors (Lipinski definition) is 1. The number of hydrogen-bond donors (Lipinski definition) is 0.